The van der Waals surface area contributed by atoms with E-state index in [2.05, 4.69) is 14.5 Å². The van der Waals surface area contributed by atoms with E-state index in [1.807, 2.05) is 6.20 Å². The number of anilines is 1. The average Bonchev–Trinajstić information content (AvgIpc) is 3.43. The van der Waals surface area contributed by atoms with Gasteiger partial charge in [0.15, 0.2) is 5.16 Å². The number of halogens is 4. The van der Waals surface area contributed by atoms with E-state index >= 15 is 0 Å². The maximum absolute atomic E-state index is 12.8. The van der Waals surface area contributed by atoms with Gasteiger partial charge in [-0.1, -0.05) is 23.4 Å². The molecule has 1 amide bonds. The quantitative estimate of drug-likeness (QED) is 0.656. The van der Waals surface area contributed by atoms with Crippen molar-refractivity contribution in [2.45, 2.75) is 30.2 Å². The Morgan fingerprint density at radius 1 is 1.21 bits per heavy atom. The van der Waals surface area contributed by atoms with Gasteiger partial charge in [0.1, 0.15) is 5.82 Å². The molecule has 0 radical (unpaired) electrons. The van der Waals surface area contributed by atoms with Crippen LogP contribution in [0.2, 0.25) is 5.02 Å². The van der Waals surface area contributed by atoms with Crippen molar-refractivity contribution in [1.29, 1.82) is 0 Å². The minimum atomic E-state index is -4.48. The molecule has 29 heavy (non-hydrogen) atoms. The van der Waals surface area contributed by atoms with Gasteiger partial charge in [0.2, 0.25) is 5.91 Å². The van der Waals surface area contributed by atoms with Crippen LogP contribution in [0.1, 0.15) is 24.4 Å². The Balaban J connectivity index is 1.31. The SMILES string of the molecule is O=C(CSc1nccn1C1CC1)N1CCN(c2ncc(C(F)(F)F)cc2Cl)CC1. The number of amides is 1. The lowest BCUT2D eigenvalue weighted by Gasteiger charge is -2.35. The molecule has 4 rings (SSSR count). The summed E-state index contributed by atoms with van der Waals surface area (Å²) in [4.78, 5) is 24.3. The van der Waals surface area contributed by atoms with E-state index in [4.69, 9.17) is 11.6 Å². The number of aromatic nitrogens is 3. The topological polar surface area (TPSA) is 54.3 Å². The van der Waals surface area contributed by atoms with Crippen molar-refractivity contribution >= 4 is 35.1 Å². The first-order chi connectivity index (χ1) is 13.8. The van der Waals surface area contributed by atoms with Crippen LogP contribution >= 0.6 is 23.4 Å². The fourth-order valence-electron chi connectivity index (χ4n) is 3.25. The van der Waals surface area contributed by atoms with Crippen LogP contribution < -0.4 is 4.90 Å². The molecule has 2 fully saturated rings. The zero-order chi connectivity index (χ0) is 20.6. The van der Waals surface area contributed by atoms with Gasteiger partial charge in [0.25, 0.3) is 0 Å². The summed E-state index contributed by atoms with van der Waals surface area (Å²) in [6.45, 7) is 1.86. The second kappa shape index (κ2) is 8.06. The van der Waals surface area contributed by atoms with E-state index in [0.717, 1.165) is 30.3 Å². The summed E-state index contributed by atoms with van der Waals surface area (Å²) in [7, 11) is 0. The smallest absolute Gasteiger partial charge is 0.352 e. The molecule has 6 nitrogen and oxygen atoms in total. The molecule has 2 aliphatic rings. The van der Waals surface area contributed by atoms with E-state index in [9.17, 15) is 18.0 Å². The summed E-state index contributed by atoms with van der Waals surface area (Å²) in [5.74, 6) is 0.641. The second-order valence-electron chi connectivity index (χ2n) is 7.03. The number of carbonyl (C=O) groups excluding carboxylic acids is 1. The van der Waals surface area contributed by atoms with Gasteiger partial charge in [-0.15, -0.1) is 0 Å². The van der Waals surface area contributed by atoms with Gasteiger partial charge < -0.3 is 14.4 Å². The number of alkyl halides is 3. The molecule has 0 atom stereocenters. The summed E-state index contributed by atoms with van der Waals surface area (Å²) in [6.07, 6.45) is 2.32. The van der Waals surface area contributed by atoms with Crippen molar-refractivity contribution in [1.82, 2.24) is 19.4 Å². The van der Waals surface area contributed by atoms with Crippen molar-refractivity contribution in [2.24, 2.45) is 0 Å². The molecule has 1 saturated heterocycles. The predicted molar refractivity (Wildman–Crippen MR) is 104 cm³/mol. The van der Waals surface area contributed by atoms with E-state index < -0.39 is 11.7 Å². The van der Waals surface area contributed by atoms with E-state index in [0.29, 0.717) is 43.8 Å². The first-order valence-corrected chi connectivity index (χ1v) is 10.6. The highest BCUT2D eigenvalue weighted by atomic mass is 35.5. The highest BCUT2D eigenvalue weighted by Crippen LogP contribution is 2.37. The average molecular weight is 446 g/mol. The summed E-state index contributed by atoms with van der Waals surface area (Å²) < 4.78 is 40.4. The van der Waals surface area contributed by atoms with Crippen LogP contribution in [0.25, 0.3) is 0 Å². The van der Waals surface area contributed by atoms with Gasteiger partial charge in [0, 0.05) is 50.8 Å². The molecule has 0 spiro atoms. The molecular formula is C18H19ClF3N5OS. The minimum Gasteiger partial charge on any atom is -0.352 e. The monoisotopic (exact) mass is 445 g/mol. The van der Waals surface area contributed by atoms with Crippen LogP contribution in [0.15, 0.2) is 29.8 Å². The summed E-state index contributed by atoms with van der Waals surface area (Å²) in [6, 6.07) is 1.40. The van der Waals surface area contributed by atoms with Crippen LogP contribution in [0.5, 0.6) is 0 Å². The highest BCUT2D eigenvalue weighted by Gasteiger charge is 2.32. The summed E-state index contributed by atoms with van der Waals surface area (Å²) in [5, 5.41) is 0.822. The first kappa shape index (κ1) is 20.3. The number of hydrogen-bond donors (Lipinski definition) is 0. The summed E-state index contributed by atoms with van der Waals surface area (Å²) >= 11 is 7.46. The zero-order valence-electron chi connectivity index (χ0n) is 15.4. The number of imidazole rings is 1. The molecule has 1 aliphatic carbocycles. The molecule has 1 aliphatic heterocycles. The molecule has 0 unspecified atom stereocenters. The van der Waals surface area contributed by atoms with Crippen molar-refractivity contribution in [2.75, 3.05) is 36.8 Å². The Bertz CT molecular complexity index is 894. The molecular weight excluding hydrogens is 427 g/mol. The molecule has 2 aromatic rings. The van der Waals surface area contributed by atoms with E-state index in [1.165, 1.54) is 11.8 Å². The van der Waals surface area contributed by atoms with Gasteiger partial charge >= 0.3 is 6.18 Å². The number of rotatable bonds is 5. The van der Waals surface area contributed by atoms with Crippen LogP contribution in [0.4, 0.5) is 19.0 Å². The standard InChI is InChI=1S/C18H19ClF3N5OS/c19-14-9-12(18(20,21)22)10-24-16(14)26-7-5-25(6-8-26)15(28)11-29-17-23-3-4-27(17)13-1-2-13/h3-4,9-10,13H,1-2,5-8,11H2. The Labute approximate surface area is 175 Å². The number of nitrogens with zero attached hydrogens (tertiary/aromatic N) is 5. The van der Waals surface area contributed by atoms with Crippen LogP contribution in [-0.2, 0) is 11.0 Å². The van der Waals surface area contributed by atoms with Crippen molar-refractivity contribution in [3.8, 4) is 0 Å². The first-order valence-electron chi connectivity index (χ1n) is 9.24. The number of carbonyl (C=O) groups is 1. The lowest BCUT2D eigenvalue weighted by atomic mass is 10.2. The predicted octanol–water partition coefficient (Wildman–Crippen LogP) is 3.73. The molecule has 3 heterocycles. The Hall–Kier alpha value is -1.94. The normalized spacial score (nSPS) is 17.7. The molecule has 2 aromatic heterocycles. The highest BCUT2D eigenvalue weighted by molar-refractivity contribution is 7.99. The lowest BCUT2D eigenvalue weighted by molar-refractivity contribution is -0.137. The van der Waals surface area contributed by atoms with Crippen LogP contribution in [0.3, 0.4) is 0 Å². The van der Waals surface area contributed by atoms with Gasteiger partial charge in [-0.05, 0) is 18.9 Å². The lowest BCUT2D eigenvalue weighted by Crippen LogP contribution is -2.49. The van der Waals surface area contributed by atoms with Crippen molar-refractivity contribution in [3.05, 3.63) is 35.2 Å². The van der Waals surface area contributed by atoms with E-state index in [1.54, 1.807) is 16.0 Å². The van der Waals surface area contributed by atoms with Crippen LogP contribution in [-0.4, -0.2) is 57.3 Å². The number of piperazine rings is 1. The Morgan fingerprint density at radius 3 is 2.55 bits per heavy atom. The van der Waals surface area contributed by atoms with Gasteiger partial charge in [-0.3, -0.25) is 4.79 Å². The van der Waals surface area contributed by atoms with Gasteiger partial charge in [-0.25, -0.2) is 9.97 Å². The second-order valence-corrected chi connectivity index (χ2v) is 8.38. The van der Waals surface area contributed by atoms with Crippen LogP contribution in [0, 0.1) is 0 Å². The maximum Gasteiger partial charge on any atom is 0.417 e. The van der Waals surface area contributed by atoms with E-state index in [-0.39, 0.29) is 10.9 Å². The molecule has 0 N–H and O–H groups in total. The molecule has 156 valence electrons. The largest absolute Gasteiger partial charge is 0.417 e. The molecule has 0 bridgehead atoms. The van der Waals surface area contributed by atoms with Gasteiger partial charge in [0.05, 0.1) is 16.3 Å². The number of thioether (sulfide) groups is 1. The molecule has 11 heteroatoms. The third kappa shape index (κ3) is 4.63. The third-order valence-electron chi connectivity index (χ3n) is 4.98. The summed E-state index contributed by atoms with van der Waals surface area (Å²) in [5.41, 5.74) is -0.873. The number of pyridine rings is 1. The molecule has 0 aromatic carbocycles. The zero-order valence-corrected chi connectivity index (χ0v) is 17.0. The van der Waals surface area contributed by atoms with Crippen molar-refractivity contribution in [3.63, 3.8) is 0 Å². The van der Waals surface area contributed by atoms with Crippen molar-refractivity contribution < 1.29 is 18.0 Å². The third-order valence-corrected chi connectivity index (χ3v) is 6.22. The minimum absolute atomic E-state index is 0.0199. The Kier molecular flexibility index (Phi) is 5.65. The fraction of sp³-hybridized carbons (Fsp3) is 0.500. The maximum atomic E-state index is 12.8. The van der Waals surface area contributed by atoms with Gasteiger partial charge in [-0.2, -0.15) is 13.2 Å². The number of hydrogen-bond acceptors (Lipinski definition) is 5. The Morgan fingerprint density at radius 2 is 1.93 bits per heavy atom. The fourth-order valence-corrected chi connectivity index (χ4v) is 4.46. The molecule has 1 saturated carbocycles.